The molecule has 1 aromatic rings. The molecule has 0 aliphatic heterocycles. The van der Waals surface area contributed by atoms with Gasteiger partial charge in [0.05, 0.1) is 18.7 Å². The van der Waals surface area contributed by atoms with Crippen molar-refractivity contribution in [2.24, 2.45) is 11.7 Å². The van der Waals surface area contributed by atoms with Crippen LogP contribution >= 0.6 is 11.6 Å². The fraction of sp³-hybridized carbons (Fsp3) is 0.353. The molecule has 9 heteroatoms. The molecule has 0 aromatic heterocycles. The van der Waals surface area contributed by atoms with Crippen LogP contribution in [0.2, 0.25) is 5.02 Å². The first kappa shape index (κ1) is 21.3. The number of halogens is 1. The Hall–Kier alpha value is -2.74. The molecule has 0 aliphatic carbocycles. The van der Waals surface area contributed by atoms with Crippen LogP contribution in [0.5, 0.6) is 11.5 Å². The van der Waals surface area contributed by atoms with E-state index in [4.69, 9.17) is 26.8 Å². The maximum Gasteiger partial charge on any atom is 0.331 e. The minimum atomic E-state index is -1.02. The number of carbonyl (C=O) groups excluding carboxylic acids is 3. The van der Waals surface area contributed by atoms with Gasteiger partial charge in [0.1, 0.15) is 0 Å². The zero-order valence-electron chi connectivity index (χ0n) is 14.7. The molecular formula is C17H21ClN2O6. The van der Waals surface area contributed by atoms with Gasteiger partial charge in [0, 0.05) is 6.08 Å². The van der Waals surface area contributed by atoms with Gasteiger partial charge in [-0.2, -0.15) is 0 Å². The Morgan fingerprint density at radius 2 is 2.00 bits per heavy atom. The van der Waals surface area contributed by atoms with Crippen LogP contribution in [0.15, 0.2) is 18.2 Å². The van der Waals surface area contributed by atoms with Crippen LogP contribution in [0.1, 0.15) is 19.4 Å². The van der Waals surface area contributed by atoms with E-state index in [1.54, 1.807) is 17.4 Å². The summed E-state index contributed by atoms with van der Waals surface area (Å²) >= 11 is 6.21. The summed E-state index contributed by atoms with van der Waals surface area (Å²) < 4.78 is 15.6. The molecule has 8 nitrogen and oxygen atoms in total. The van der Waals surface area contributed by atoms with Crippen molar-refractivity contribution in [1.29, 1.82) is 0 Å². The number of methoxy groups -OCH3 is 1. The lowest BCUT2D eigenvalue weighted by atomic mass is 10.2. The fourth-order valence-electron chi connectivity index (χ4n) is 1.75. The Balaban J connectivity index is 2.75. The third-order valence-electron chi connectivity index (χ3n) is 2.83. The molecule has 0 spiro atoms. The van der Waals surface area contributed by atoms with Gasteiger partial charge in [0.15, 0.2) is 18.1 Å². The monoisotopic (exact) mass is 384 g/mol. The van der Waals surface area contributed by atoms with Gasteiger partial charge in [-0.25, -0.2) is 9.59 Å². The number of amides is 3. The van der Waals surface area contributed by atoms with Gasteiger partial charge in [0.25, 0.3) is 5.91 Å². The third-order valence-corrected chi connectivity index (χ3v) is 3.11. The quantitative estimate of drug-likeness (QED) is 0.523. The van der Waals surface area contributed by atoms with Crippen LogP contribution in [-0.4, -0.2) is 38.2 Å². The number of urea groups is 1. The van der Waals surface area contributed by atoms with Gasteiger partial charge in [-0.15, -0.1) is 0 Å². The molecule has 0 aliphatic rings. The van der Waals surface area contributed by atoms with Gasteiger partial charge >= 0.3 is 12.0 Å². The van der Waals surface area contributed by atoms with Crippen molar-refractivity contribution in [2.75, 3.05) is 20.3 Å². The number of nitrogens with two attached hydrogens (primary N) is 1. The van der Waals surface area contributed by atoms with E-state index < -0.39 is 24.5 Å². The predicted molar refractivity (Wildman–Crippen MR) is 96.1 cm³/mol. The molecule has 0 saturated heterocycles. The molecule has 1 rings (SSSR count). The summed E-state index contributed by atoms with van der Waals surface area (Å²) in [6, 6.07) is 2.22. The highest BCUT2D eigenvalue weighted by atomic mass is 35.5. The molecule has 1 aromatic carbocycles. The maximum absolute atomic E-state index is 11.6. The number of ether oxygens (including phenoxy) is 3. The standard InChI is InChI=1S/C17H21ClN2O6/c1-10(2)8-26-16-12(18)6-11(7-13(16)24-3)4-5-15(22)25-9-14(21)20-17(19)23/h4-7,10H,8-9H2,1-3H3,(H3,19,20,21,23)/b5-4+. The SMILES string of the molecule is COc1cc(/C=C/C(=O)OCC(=O)NC(N)=O)cc(Cl)c1OCC(C)C. The van der Waals surface area contributed by atoms with Gasteiger partial charge in [-0.05, 0) is 29.7 Å². The van der Waals surface area contributed by atoms with Crippen LogP contribution < -0.4 is 20.5 Å². The molecule has 0 fully saturated rings. The van der Waals surface area contributed by atoms with E-state index in [1.807, 2.05) is 13.8 Å². The zero-order valence-corrected chi connectivity index (χ0v) is 15.5. The van der Waals surface area contributed by atoms with Crippen LogP contribution in [0, 0.1) is 5.92 Å². The molecular weight excluding hydrogens is 364 g/mol. The van der Waals surface area contributed by atoms with Crippen molar-refractivity contribution in [2.45, 2.75) is 13.8 Å². The summed E-state index contributed by atoms with van der Waals surface area (Å²) in [7, 11) is 1.48. The molecule has 26 heavy (non-hydrogen) atoms. The van der Waals surface area contributed by atoms with E-state index in [2.05, 4.69) is 4.74 Å². The van der Waals surface area contributed by atoms with Crippen LogP contribution in [-0.2, 0) is 14.3 Å². The number of imide groups is 1. The topological polar surface area (TPSA) is 117 Å². The molecule has 0 saturated carbocycles. The van der Waals surface area contributed by atoms with Crippen LogP contribution in [0.25, 0.3) is 6.08 Å². The Labute approximate surface area is 156 Å². The average Bonchev–Trinajstić information content (AvgIpc) is 2.55. The molecule has 0 heterocycles. The minimum Gasteiger partial charge on any atom is -0.493 e. The summed E-state index contributed by atoms with van der Waals surface area (Å²) in [5, 5.41) is 2.10. The Bertz CT molecular complexity index is 703. The predicted octanol–water partition coefficient (Wildman–Crippen LogP) is 2.13. The minimum absolute atomic E-state index is 0.317. The summed E-state index contributed by atoms with van der Waals surface area (Å²) in [6.07, 6.45) is 2.55. The smallest absolute Gasteiger partial charge is 0.331 e. The molecule has 3 amide bonds. The van der Waals surface area contributed by atoms with Crippen molar-refractivity contribution in [3.63, 3.8) is 0 Å². The fourth-order valence-corrected chi connectivity index (χ4v) is 2.02. The number of esters is 1. The summed E-state index contributed by atoms with van der Waals surface area (Å²) in [4.78, 5) is 33.2. The number of hydrogen-bond donors (Lipinski definition) is 2. The highest BCUT2D eigenvalue weighted by Crippen LogP contribution is 2.37. The number of hydrogen-bond acceptors (Lipinski definition) is 6. The van der Waals surface area contributed by atoms with Crippen LogP contribution in [0.4, 0.5) is 4.79 Å². The second kappa shape index (κ2) is 10.3. The number of nitrogens with one attached hydrogen (secondary N) is 1. The van der Waals surface area contributed by atoms with Crippen molar-refractivity contribution in [3.8, 4) is 11.5 Å². The van der Waals surface area contributed by atoms with Gasteiger partial charge in [0.2, 0.25) is 0 Å². The van der Waals surface area contributed by atoms with E-state index in [0.717, 1.165) is 6.08 Å². The van der Waals surface area contributed by atoms with Gasteiger partial charge in [-0.3, -0.25) is 10.1 Å². The molecule has 0 bridgehead atoms. The van der Waals surface area contributed by atoms with Crippen molar-refractivity contribution >= 4 is 35.6 Å². The highest BCUT2D eigenvalue weighted by Gasteiger charge is 2.12. The van der Waals surface area contributed by atoms with Crippen molar-refractivity contribution < 1.29 is 28.6 Å². The van der Waals surface area contributed by atoms with E-state index in [1.165, 1.54) is 13.2 Å². The normalized spacial score (nSPS) is 10.7. The van der Waals surface area contributed by atoms with Gasteiger partial charge in [-0.1, -0.05) is 25.4 Å². The van der Waals surface area contributed by atoms with Crippen LogP contribution in [0.3, 0.4) is 0 Å². The summed E-state index contributed by atoms with van der Waals surface area (Å²) in [5.74, 6) is -0.440. The first-order chi connectivity index (χ1) is 12.2. The van der Waals surface area contributed by atoms with E-state index >= 15 is 0 Å². The van der Waals surface area contributed by atoms with E-state index in [-0.39, 0.29) is 0 Å². The maximum atomic E-state index is 11.6. The molecule has 142 valence electrons. The van der Waals surface area contributed by atoms with Crippen molar-refractivity contribution in [3.05, 3.63) is 28.8 Å². The largest absolute Gasteiger partial charge is 0.493 e. The lowest BCUT2D eigenvalue weighted by Crippen LogP contribution is -2.37. The first-order valence-corrected chi connectivity index (χ1v) is 8.05. The molecule has 0 unspecified atom stereocenters. The summed E-state index contributed by atoms with van der Waals surface area (Å²) in [5.41, 5.74) is 5.34. The highest BCUT2D eigenvalue weighted by molar-refractivity contribution is 6.32. The van der Waals surface area contributed by atoms with Gasteiger partial charge < -0.3 is 19.9 Å². The number of primary amides is 1. The number of carbonyl (C=O) groups is 3. The number of rotatable bonds is 8. The van der Waals surface area contributed by atoms with Crippen molar-refractivity contribution in [1.82, 2.24) is 5.32 Å². The average molecular weight is 385 g/mol. The number of benzene rings is 1. The molecule has 3 N–H and O–H groups in total. The Morgan fingerprint density at radius 1 is 1.31 bits per heavy atom. The summed E-state index contributed by atoms with van der Waals surface area (Å²) in [6.45, 7) is 3.86. The molecule has 0 atom stereocenters. The molecule has 0 radical (unpaired) electrons. The second-order valence-electron chi connectivity index (χ2n) is 5.59. The lowest BCUT2D eigenvalue weighted by Gasteiger charge is -2.14. The van der Waals surface area contributed by atoms with E-state index in [9.17, 15) is 14.4 Å². The lowest BCUT2D eigenvalue weighted by molar-refractivity contribution is -0.143. The second-order valence-corrected chi connectivity index (χ2v) is 6.00. The Kier molecular flexibility index (Phi) is 8.44. The Morgan fingerprint density at radius 3 is 2.58 bits per heavy atom. The third kappa shape index (κ3) is 7.43. The first-order valence-electron chi connectivity index (χ1n) is 7.67. The zero-order chi connectivity index (χ0) is 19.7. The van der Waals surface area contributed by atoms with E-state index in [0.29, 0.717) is 34.6 Å².